The molecule has 56 valence electrons. The van der Waals surface area contributed by atoms with Crippen LogP contribution in [0.1, 0.15) is 6.42 Å². The smallest absolute Gasteiger partial charge is 0.160 e. The molecular formula is C8H6O2S. The molecule has 0 N–H and O–H groups in total. The number of ether oxygens (including phenoxy) is 1. The Bertz CT molecular complexity index is 286. The van der Waals surface area contributed by atoms with Gasteiger partial charge in [0.1, 0.15) is 5.76 Å². The lowest BCUT2D eigenvalue weighted by Gasteiger charge is -2.15. The van der Waals surface area contributed by atoms with Gasteiger partial charge >= 0.3 is 0 Å². The van der Waals surface area contributed by atoms with Crippen LogP contribution in [-0.2, 0) is 9.53 Å². The molecule has 2 rings (SSSR count). The monoisotopic (exact) mass is 166 g/mol. The summed E-state index contributed by atoms with van der Waals surface area (Å²) in [5, 5.41) is 1.84. The van der Waals surface area contributed by atoms with E-state index in [0.29, 0.717) is 6.42 Å². The zero-order chi connectivity index (χ0) is 7.68. The van der Waals surface area contributed by atoms with Crippen molar-refractivity contribution in [1.29, 1.82) is 0 Å². The van der Waals surface area contributed by atoms with Gasteiger partial charge in [-0.3, -0.25) is 4.79 Å². The lowest BCUT2D eigenvalue weighted by molar-refractivity contribution is -0.114. The Labute approximate surface area is 68.6 Å². The van der Waals surface area contributed by atoms with Gasteiger partial charge in [-0.15, -0.1) is 0 Å². The van der Waals surface area contributed by atoms with Crippen LogP contribution in [0.3, 0.4) is 0 Å². The molecule has 0 amide bonds. The fourth-order valence-corrected chi connectivity index (χ4v) is 1.71. The van der Waals surface area contributed by atoms with E-state index in [1.54, 1.807) is 30.2 Å². The topological polar surface area (TPSA) is 26.3 Å². The number of rotatable bonds is 0. The van der Waals surface area contributed by atoms with Crippen molar-refractivity contribution in [2.75, 3.05) is 0 Å². The Hall–Kier alpha value is -0.960. The molecule has 1 aliphatic heterocycles. The van der Waals surface area contributed by atoms with E-state index in [1.807, 2.05) is 5.41 Å². The van der Waals surface area contributed by atoms with Crippen LogP contribution in [0.2, 0.25) is 0 Å². The van der Waals surface area contributed by atoms with Gasteiger partial charge in [0.15, 0.2) is 5.78 Å². The molecule has 0 fully saturated rings. The van der Waals surface area contributed by atoms with Crippen LogP contribution in [0.5, 0.6) is 0 Å². The predicted octanol–water partition coefficient (Wildman–Crippen LogP) is 1.96. The van der Waals surface area contributed by atoms with Crippen LogP contribution in [0.4, 0.5) is 0 Å². The number of allylic oxidation sites excluding steroid dienone is 3. The summed E-state index contributed by atoms with van der Waals surface area (Å²) in [5.41, 5.74) is 0. The second kappa shape index (κ2) is 2.58. The molecule has 0 aromatic heterocycles. The zero-order valence-corrected chi connectivity index (χ0v) is 6.56. The summed E-state index contributed by atoms with van der Waals surface area (Å²) in [6.07, 6.45) is 5.39. The van der Waals surface area contributed by atoms with Crippen LogP contribution < -0.4 is 0 Å². The Kier molecular flexibility index (Phi) is 1.58. The van der Waals surface area contributed by atoms with Gasteiger partial charge in [0, 0.05) is 16.7 Å². The lowest BCUT2D eigenvalue weighted by atomic mass is 10.1. The van der Waals surface area contributed by atoms with E-state index in [4.69, 9.17) is 4.74 Å². The molecular weight excluding hydrogens is 160 g/mol. The second-order valence-corrected chi connectivity index (χ2v) is 3.27. The first kappa shape index (κ1) is 6.73. The van der Waals surface area contributed by atoms with E-state index in [2.05, 4.69) is 0 Å². The van der Waals surface area contributed by atoms with Crippen molar-refractivity contribution in [2.24, 2.45) is 0 Å². The van der Waals surface area contributed by atoms with Gasteiger partial charge in [-0.2, -0.15) is 0 Å². The largest absolute Gasteiger partial charge is 0.464 e. The Morgan fingerprint density at radius 1 is 1.45 bits per heavy atom. The van der Waals surface area contributed by atoms with Crippen molar-refractivity contribution < 1.29 is 9.53 Å². The van der Waals surface area contributed by atoms with Crippen molar-refractivity contribution in [3.63, 3.8) is 0 Å². The quantitative estimate of drug-likeness (QED) is 0.550. The van der Waals surface area contributed by atoms with E-state index in [0.717, 1.165) is 10.7 Å². The molecule has 2 aliphatic rings. The lowest BCUT2D eigenvalue weighted by Crippen LogP contribution is -2.04. The predicted molar refractivity (Wildman–Crippen MR) is 43.6 cm³/mol. The van der Waals surface area contributed by atoms with Crippen molar-refractivity contribution in [3.05, 3.63) is 34.5 Å². The van der Waals surface area contributed by atoms with Gasteiger partial charge in [0.2, 0.25) is 0 Å². The van der Waals surface area contributed by atoms with Gasteiger partial charge in [-0.05, 0) is 12.2 Å². The van der Waals surface area contributed by atoms with E-state index >= 15 is 0 Å². The fourth-order valence-electron chi connectivity index (χ4n) is 0.982. The molecule has 0 aromatic rings. The maximum absolute atomic E-state index is 10.9. The molecule has 3 heteroatoms. The first-order chi connectivity index (χ1) is 5.36. The first-order valence-electron chi connectivity index (χ1n) is 3.28. The average molecular weight is 166 g/mol. The normalized spacial score (nSPS) is 21.6. The molecule has 0 radical (unpaired) electrons. The highest BCUT2D eigenvalue weighted by molar-refractivity contribution is 8.05. The molecule has 1 heterocycles. The van der Waals surface area contributed by atoms with E-state index < -0.39 is 0 Å². The first-order valence-corrected chi connectivity index (χ1v) is 4.16. The minimum Gasteiger partial charge on any atom is -0.464 e. The molecule has 0 aromatic carbocycles. The highest BCUT2D eigenvalue weighted by Crippen LogP contribution is 2.32. The number of ketones is 1. The Morgan fingerprint density at radius 3 is 3.27 bits per heavy atom. The van der Waals surface area contributed by atoms with Gasteiger partial charge in [-0.1, -0.05) is 11.8 Å². The van der Waals surface area contributed by atoms with Crippen molar-refractivity contribution in [3.8, 4) is 0 Å². The van der Waals surface area contributed by atoms with Crippen LogP contribution >= 0.6 is 11.8 Å². The molecule has 0 atom stereocenters. The van der Waals surface area contributed by atoms with Crippen molar-refractivity contribution >= 4 is 17.5 Å². The third-order valence-electron chi connectivity index (χ3n) is 1.49. The molecule has 0 bridgehead atoms. The van der Waals surface area contributed by atoms with E-state index in [-0.39, 0.29) is 5.78 Å². The van der Waals surface area contributed by atoms with Gasteiger partial charge in [0.05, 0.1) is 6.26 Å². The SMILES string of the molecule is O=C1C=CC2=C(C1)SC=CO2. The Balaban J connectivity index is 2.28. The summed E-state index contributed by atoms with van der Waals surface area (Å²) in [4.78, 5) is 11.9. The molecule has 0 spiro atoms. The molecule has 11 heavy (non-hydrogen) atoms. The van der Waals surface area contributed by atoms with Gasteiger partial charge < -0.3 is 4.74 Å². The van der Waals surface area contributed by atoms with Crippen LogP contribution in [0.25, 0.3) is 0 Å². The van der Waals surface area contributed by atoms with Crippen molar-refractivity contribution in [2.45, 2.75) is 6.42 Å². The summed E-state index contributed by atoms with van der Waals surface area (Å²) >= 11 is 1.55. The highest BCUT2D eigenvalue weighted by atomic mass is 32.2. The van der Waals surface area contributed by atoms with Crippen LogP contribution in [-0.4, -0.2) is 5.78 Å². The summed E-state index contributed by atoms with van der Waals surface area (Å²) in [6, 6.07) is 0. The maximum Gasteiger partial charge on any atom is 0.160 e. The third-order valence-corrected chi connectivity index (χ3v) is 2.37. The number of carbonyl (C=O) groups is 1. The van der Waals surface area contributed by atoms with E-state index in [1.165, 1.54) is 0 Å². The number of hydrogen-bond acceptors (Lipinski definition) is 3. The molecule has 0 unspecified atom stereocenters. The maximum atomic E-state index is 10.9. The summed E-state index contributed by atoms with van der Waals surface area (Å²) in [6.45, 7) is 0. The average Bonchev–Trinajstić information content (AvgIpc) is 2.04. The highest BCUT2D eigenvalue weighted by Gasteiger charge is 2.16. The van der Waals surface area contributed by atoms with Gasteiger partial charge in [0.25, 0.3) is 0 Å². The summed E-state index contributed by atoms with van der Waals surface area (Å²) in [5.74, 6) is 0.965. The number of hydrogen-bond donors (Lipinski definition) is 0. The van der Waals surface area contributed by atoms with E-state index in [9.17, 15) is 4.79 Å². The summed E-state index contributed by atoms with van der Waals surface area (Å²) < 4.78 is 5.17. The number of thioether (sulfide) groups is 1. The zero-order valence-electron chi connectivity index (χ0n) is 5.74. The molecule has 0 saturated carbocycles. The second-order valence-electron chi connectivity index (χ2n) is 2.27. The summed E-state index contributed by atoms with van der Waals surface area (Å²) in [7, 11) is 0. The fraction of sp³-hybridized carbons (Fsp3) is 0.125. The third kappa shape index (κ3) is 1.24. The van der Waals surface area contributed by atoms with Gasteiger partial charge in [-0.25, -0.2) is 0 Å². The number of carbonyl (C=O) groups excluding carboxylic acids is 1. The molecule has 2 nitrogen and oxygen atoms in total. The molecule has 1 aliphatic carbocycles. The van der Waals surface area contributed by atoms with Crippen molar-refractivity contribution in [1.82, 2.24) is 0 Å². The minimum absolute atomic E-state index is 0.148. The molecule has 0 saturated heterocycles. The standard InChI is InChI=1S/C8H6O2S/c9-6-1-2-7-8(5-6)11-4-3-10-7/h1-4H,5H2. The minimum atomic E-state index is 0.148. The Morgan fingerprint density at radius 2 is 2.36 bits per heavy atom. The van der Waals surface area contributed by atoms with Crippen LogP contribution in [0.15, 0.2) is 34.5 Å². The van der Waals surface area contributed by atoms with Crippen LogP contribution in [0, 0.1) is 0 Å².